The van der Waals surface area contributed by atoms with Gasteiger partial charge in [-0.25, -0.2) is 0 Å². The molecule has 106 valence electrons. The van der Waals surface area contributed by atoms with E-state index >= 15 is 0 Å². The molecule has 0 aliphatic rings. The summed E-state index contributed by atoms with van der Waals surface area (Å²) >= 11 is 0. The third kappa shape index (κ3) is 2.34. The van der Waals surface area contributed by atoms with E-state index in [4.69, 9.17) is 0 Å². The van der Waals surface area contributed by atoms with Gasteiger partial charge in [0.15, 0.2) is 5.78 Å². The minimum absolute atomic E-state index is 0.00134. The van der Waals surface area contributed by atoms with Gasteiger partial charge in [0.2, 0.25) is 0 Å². The molecule has 7 heteroatoms. The first-order chi connectivity index (χ1) is 9.31. The number of aryl methyl sites for hydroxylation is 3. The molecule has 2 rings (SSSR count). The van der Waals surface area contributed by atoms with E-state index in [0.29, 0.717) is 17.0 Å². The van der Waals surface area contributed by atoms with Gasteiger partial charge in [0, 0.05) is 17.0 Å². The monoisotopic (exact) mass is 276 g/mol. The van der Waals surface area contributed by atoms with Gasteiger partial charge in [-0.15, -0.1) is 0 Å². The predicted molar refractivity (Wildman–Crippen MR) is 73.0 cm³/mol. The second-order valence-corrected chi connectivity index (χ2v) is 4.85. The highest BCUT2D eigenvalue weighted by Crippen LogP contribution is 2.22. The first kappa shape index (κ1) is 14.0. The number of carbonyl (C=O) groups excluding carboxylic acids is 1. The zero-order chi connectivity index (χ0) is 15.0. The van der Waals surface area contributed by atoms with Crippen LogP contribution < -0.4 is 0 Å². The van der Waals surface area contributed by atoms with E-state index in [0.717, 1.165) is 11.4 Å². The number of aromatic amines is 1. The summed E-state index contributed by atoms with van der Waals surface area (Å²) in [6, 6.07) is 1.78. The Morgan fingerprint density at radius 3 is 2.50 bits per heavy atom. The van der Waals surface area contributed by atoms with E-state index in [9.17, 15) is 14.9 Å². The first-order valence-electron chi connectivity index (χ1n) is 6.19. The first-order valence-corrected chi connectivity index (χ1v) is 6.19. The number of Topliss-reactive ketones (excluding diaryl/α,β-unsaturated/α-hetero) is 1. The number of aromatic nitrogens is 3. The van der Waals surface area contributed by atoms with Gasteiger partial charge in [-0.2, -0.15) is 5.10 Å². The normalized spacial score (nSPS) is 10.8. The fourth-order valence-electron chi connectivity index (χ4n) is 2.34. The largest absolute Gasteiger partial charge is 0.362 e. The minimum atomic E-state index is -0.468. The molecule has 0 aliphatic carbocycles. The lowest BCUT2D eigenvalue weighted by molar-refractivity contribution is -0.386. The molecule has 0 fully saturated rings. The molecule has 0 saturated carbocycles. The maximum Gasteiger partial charge on any atom is 0.312 e. The molecule has 0 aromatic carbocycles. The van der Waals surface area contributed by atoms with Gasteiger partial charge in [-0.3, -0.25) is 19.6 Å². The number of nitrogens with zero attached hydrogens (tertiary/aromatic N) is 3. The lowest BCUT2D eigenvalue weighted by Gasteiger charge is -2.02. The van der Waals surface area contributed by atoms with E-state index in [1.165, 1.54) is 4.68 Å². The molecule has 0 bridgehead atoms. The Kier molecular flexibility index (Phi) is 3.44. The van der Waals surface area contributed by atoms with Gasteiger partial charge in [-0.05, 0) is 33.8 Å². The number of hydrogen-bond donors (Lipinski definition) is 1. The summed E-state index contributed by atoms with van der Waals surface area (Å²) in [4.78, 5) is 25.8. The van der Waals surface area contributed by atoms with Crippen molar-refractivity contribution in [3.63, 3.8) is 0 Å². The van der Waals surface area contributed by atoms with Crippen LogP contribution in [0.15, 0.2) is 6.07 Å². The number of nitro groups is 1. The van der Waals surface area contributed by atoms with E-state index in [1.807, 2.05) is 13.8 Å². The molecule has 0 atom stereocenters. The molecule has 20 heavy (non-hydrogen) atoms. The summed E-state index contributed by atoms with van der Waals surface area (Å²) in [6.07, 6.45) is 0. The Morgan fingerprint density at radius 1 is 1.40 bits per heavy atom. The van der Waals surface area contributed by atoms with Gasteiger partial charge in [0.1, 0.15) is 17.9 Å². The van der Waals surface area contributed by atoms with Crippen molar-refractivity contribution in [3.8, 4) is 0 Å². The number of hydrogen-bond acceptors (Lipinski definition) is 4. The molecule has 1 N–H and O–H groups in total. The van der Waals surface area contributed by atoms with Crippen LogP contribution in [0.3, 0.4) is 0 Å². The van der Waals surface area contributed by atoms with Crippen molar-refractivity contribution in [1.82, 2.24) is 14.8 Å². The zero-order valence-electron chi connectivity index (χ0n) is 11.9. The smallest absolute Gasteiger partial charge is 0.312 e. The Labute approximate surface area is 115 Å². The van der Waals surface area contributed by atoms with Gasteiger partial charge in [0.25, 0.3) is 0 Å². The summed E-state index contributed by atoms with van der Waals surface area (Å²) in [6.45, 7) is 6.86. The van der Waals surface area contributed by atoms with E-state index in [-0.39, 0.29) is 18.0 Å². The fraction of sp³-hybridized carbons (Fsp3) is 0.385. The third-order valence-electron chi connectivity index (χ3n) is 3.27. The molecule has 0 amide bonds. The average molecular weight is 276 g/mol. The minimum Gasteiger partial charge on any atom is -0.362 e. The lowest BCUT2D eigenvalue weighted by atomic mass is 10.1. The SMILES string of the molecule is Cc1cc(C(=O)Cn2nc(C)c([N+](=O)[O-])c2C)c(C)[nH]1. The Bertz CT molecular complexity index is 697. The van der Waals surface area contributed by atoms with Crippen LogP contribution >= 0.6 is 0 Å². The molecular formula is C13H16N4O3. The van der Waals surface area contributed by atoms with E-state index in [2.05, 4.69) is 10.1 Å². The Morgan fingerprint density at radius 2 is 2.05 bits per heavy atom. The second-order valence-electron chi connectivity index (χ2n) is 4.85. The second kappa shape index (κ2) is 4.92. The van der Waals surface area contributed by atoms with Crippen LogP contribution in [-0.4, -0.2) is 25.5 Å². The highest BCUT2D eigenvalue weighted by atomic mass is 16.6. The maximum atomic E-state index is 12.2. The van der Waals surface area contributed by atoms with Crippen LogP contribution in [0.4, 0.5) is 5.69 Å². The molecule has 0 unspecified atom stereocenters. The van der Waals surface area contributed by atoms with Crippen LogP contribution in [0.5, 0.6) is 0 Å². The summed E-state index contributed by atoms with van der Waals surface area (Å²) in [5, 5.41) is 15.0. The Balaban J connectivity index is 2.31. The van der Waals surface area contributed by atoms with Crippen LogP contribution in [0, 0.1) is 37.8 Å². The summed E-state index contributed by atoms with van der Waals surface area (Å²) in [7, 11) is 0. The van der Waals surface area contributed by atoms with E-state index in [1.54, 1.807) is 19.9 Å². The van der Waals surface area contributed by atoms with Crippen molar-refractivity contribution in [1.29, 1.82) is 0 Å². The lowest BCUT2D eigenvalue weighted by Crippen LogP contribution is -2.13. The molecule has 0 saturated heterocycles. The maximum absolute atomic E-state index is 12.2. The fourth-order valence-corrected chi connectivity index (χ4v) is 2.34. The van der Waals surface area contributed by atoms with Gasteiger partial charge < -0.3 is 4.98 Å². The van der Waals surface area contributed by atoms with Gasteiger partial charge in [0.05, 0.1) is 4.92 Å². The van der Waals surface area contributed by atoms with Crippen molar-refractivity contribution in [2.45, 2.75) is 34.2 Å². The summed E-state index contributed by atoms with van der Waals surface area (Å²) < 4.78 is 1.39. The number of ketones is 1. The van der Waals surface area contributed by atoms with Crippen molar-refractivity contribution in [3.05, 3.63) is 44.5 Å². The average Bonchev–Trinajstić information content (AvgIpc) is 2.79. The van der Waals surface area contributed by atoms with Gasteiger partial charge >= 0.3 is 5.69 Å². The number of rotatable bonds is 4. The molecule has 7 nitrogen and oxygen atoms in total. The summed E-state index contributed by atoms with van der Waals surface area (Å²) in [5.41, 5.74) is 2.99. The number of carbonyl (C=O) groups is 1. The van der Waals surface area contributed by atoms with E-state index < -0.39 is 4.92 Å². The van der Waals surface area contributed by atoms with Crippen molar-refractivity contribution >= 4 is 11.5 Å². The highest BCUT2D eigenvalue weighted by molar-refractivity contribution is 5.97. The quantitative estimate of drug-likeness (QED) is 0.526. The predicted octanol–water partition coefficient (Wildman–Crippen LogP) is 2.24. The van der Waals surface area contributed by atoms with Crippen molar-refractivity contribution in [2.24, 2.45) is 0 Å². The van der Waals surface area contributed by atoms with Crippen LogP contribution in [0.1, 0.15) is 33.1 Å². The third-order valence-corrected chi connectivity index (χ3v) is 3.27. The zero-order valence-corrected chi connectivity index (χ0v) is 11.9. The molecule has 2 heterocycles. The topological polar surface area (TPSA) is 93.8 Å². The van der Waals surface area contributed by atoms with Crippen molar-refractivity contribution in [2.75, 3.05) is 0 Å². The highest BCUT2D eigenvalue weighted by Gasteiger charge is 2.23. The van der Waals surface area contributed by atoms with Crippen LogP contribution in [0.25, 0.3) is 0 Å². The molecule has 0 radical (unpaired) electrons. The Hall–Kier alpha value is -2.44. The van der Waals surface area contributed by atoms with Crippen molar-refractivity contribution < 1.29 is 9.72 Å². The van der Waals surface area contributed by atoms with Crippen LogP contribution in [-0.2, 0) is 6.54 Å². The number of H-pyrrole nitrogens is 1. The standard InChI is InChI=1S/C13H16N4O3/c1-7-5-11(8(2)14-7)12(18)6-16-10(4)13(17(19)20)9(3)15-16/h5,14H,6H2,1-4H3. The van der Waals surface area contributed by atoms with Crippen LogP contribution in [0.2, 0.25) is 0 Å². The summed E-state index contributed by atoms with van der Waals surface area (Å²) in [5.74, 6) is -0.118. The molecule has 2 aromatic heterocycles. The molecular weight excluding hydrogens is 260 g/mol. The molecule has 2 aromatic rings. The van der Waals surface area contributed by atoms with Gasteiger partial charge in [-0.1, -0.05) is 0 Å². The molecule has 0 aliphatic heterocycles. The molecule has 0 spiro atoms. The number of nitrogens with one attached hydrogen (secondary N) is 1.